The molecule has 0 saturated heterocycles. The van der Waals surface area contributed by atoms with E-state index in [1.54, 1.807) is 5.57 Å². The van der Waals surface area contributed by atoms with E-state index in [4.69, 9.17) is 11.6 Å². The fourth-order valence-electron chi connectivity index (χ4n) is 6.59. The largest absolute Gasteiger partial charge is 0.393 e. The van der Waals surface area contributed by atoms with Gasteiger partial charge in [-0.1, -0.05) is 25.5 Å². The van der Waals surface area contributed by atoms with Crippen molar-refractivity contribution >= 4 is 11.6 Å². The number of alkyl halides is 1. The first kappa shape index (κ1) is 14.6. The van der Waals surface area contributed by atoms with Crippen LogP contribution in [-0.4, -0.2) is 16.6 Å². The Morgan fingerprint density at radius 3 is 2.71 bits per heavy atom. The molecule has 21 heavy (non-hydrogen) atoms. The zero-order valence-corrected chi connectivity index (χ0v) is 14.2. The summed E-state index contributed by atoms with van der Waals surface area (Å²) in [5.41, 5.74) is 2.27. The number of rotatable bonds is 0. The van der Waals surface area contributed by atoms with Crippen molar-refractivity contribution in [2.45, 2.75) is 76.7 Å². The van der Waals surface area contributed by atoms with Crippen LogP contribution >= 0.6 is 11.6 Å². The van der Waals surface area contributed by atoms with Crippen molar-refractivity contribution < 1.29 is 5.11 Å². The van der Waals surface area contributed by atoms with Gasteiger partial charge in [0.1, 0.15) is 0 Å². The third-order valence-electron chi connectivity index (χ3n) is 7.99. The summed E-state index contributed by atoms with van der Waals surface area (Å²) < 4.78 is 0. The Morgan fingerprint density at radius 1 is 1.10 bits per heavy atom. The van der Waals surface area contributed by atoms with Crippen molar-refractivity contribution in [3.63, 3.8) is 0 Å². The lowest BCUT2D eigenvalue weighted by molar-refractivity contribution is -0.0659. The maximum atomic E-state index is 10.5. The fourth-order valence-corrected chi connectivity index (χ4v) is 6.86. The van der Waals surface area contributed by atoms with Gasteiger partial charge in [0.15, 0.2) is 0 Å². The van der Waals surface area contributed by atoms with Gasteiger partial charge in [-0.05, 0) is 80.0 Å². The summed E-state index contributed by atoms with van der Waals surface area (Å²) in [6, 6.07) is 0. The van der Waals surface area contributed by atoms with Crippen molar-refractivity contribution in [1.29, 1.82) is 0 Å². The number of aliphatic hydroxyl groups excluding tert-OH is 1. The Kier molecular flexibility index (Phi) is 3.29. The molecular formula is C19H29ClO. The van der Waals surface area contributed by atoms with Crippen molar-refractivity contribution in [2.75, 3.05) is 0 Å². The monoisotopic (exact) mass is 308 g/mol. The molecule has 0 spiro atoms. The zero-order valence-electron chi connectivity index (χ0n) is 13.4. The second-order valence-corrected chi connectivity index (χ2v) is 9.35. The van der Waals surface area contributed by atoms with Crippen molar-refractivity contribution in [1.82, 2.24) is 0 Å². The van der Waals surface area contributed by atoms with Gasteiger partial charge < -0.3 is 5.11 Å². The number of hydrogen-bond acceptors (Lipinski definition) is 1. The molecule has 0 aromatic rings. The van der Waals surface area contributed by atoms with Gasteiger partial charge in [0.25, 0.3) is 0 Å². The molecule has 1 nitrogen and oxygen atoms in total. The van der Waals surface area contributed by atoms with Gasteiger partial charge in [-0.3, -0.25) is 0 Å². The van der Waals surface area contributed by atoms with Crippen LogP contribution in [0.4, 0.5) is 0 Å². The molecular weight excluding hydrogens is 280 g/mol. The summed E-state index contributed by atoms with van der Waals surface area (Å²) in [5.74, 6) is 2.39. The van der Waals surface area contributed by atoms with E-state index in [1.807, 2.05) is 0 Å². The Labute approximate surface area is 134 Å². The van der Waals surface area contributed by atoms with Crippen LogP contribution in [0.25, 0.3) is 0 Å². The molecule has 0 unspecified atom stereocenters. The lowest BCUT2D eigenvalue weighted by atomic mass is 9.48. The molecule has 4 aliphatic rings. The van der Waals surface area contributed by atoms with Crippen molar-refractivity contribution in [3.05, 3.63) is 11.6 Å². The first-order chi connectivity index (χ1) is 9.95. The molecule has 0 bridgehead atoms. The Hall–Kier alpha value is -0.0100. The predicted molar refractivity (Wildman–Crippen MR) is 87.4 cm³/mol. The Bertz CT molecular complexity index is 472. The summed E-state index contributed by atoms with van der Waals surface area (Å²) in [6.45, 7) is 4.88. The van der Waals surface area contributed by atoms with Crippen LogP contribution in [0.3, 0.4) is 0 Å². The van der Waals surface area contributed by atoms with Gasteiger partial charge in [0.05, 0.1) is 6.10 Å². The standard InChI is InChI=1S/C19H29ClO/c1-18-9-7-13(20)11-12(18)3-4-14-15-5-6-17(21)19(15,2)10-8-16(14)18/h3,13-17,21H,4-11H2,1-2H3/t13-,14-,15-,16-,17-,18-,19-/m0/s1. The molecule has 7 atom stereocenters. The highest BCUT2D eigenvalue weighted by Crippen LogP contribution is 2.64. The second-order valence-electron chi connectivity index (χ2n) is 8.74. The van der Waals surface area contributed by atoms with E-state index in [1.165, 1.54) is 38.5 Å². The second kappa shape index (κ2) is 4.74. The van der Waals surface area contributed by atoms with Crippen LogP contribution in [0.1, 0.15) is 65.2 Å². The summed E-state index contributed by atoms with van der Waals surface area (Å²) in [5, 5.41) is 10.8. The van der Waals surface area contributed by atoms with E-state index in [9.17, 15) is 5.11 Å². The molecule has 0 aromatic heterocycles. The average molecular weight is 309 g/mol. The molecule has 1 N–H and O–H groups in total. The zero-order chi connectivity index (χ0) is 14.8. The van der Waals surface area contributed by atoms with Gasteiger partial charge in [-0.25, -0.2) is 0 Å². The highest BCUT2D eigenvalue weighted by molar-refractivity contribution is 6.20. The molecule has 0 amide bonds. The minimum Gasteiger partial charge on any atom is -0.393 e. The number of halogens is 1. The van der Waals surface area contributed by atoms with E-state index >= 15 is 0 Å². The Morgan fingerprint density at radius 2 is 1.90 bits per heavy atom. The summed E-state index contributed by atoms with van der Waals surface area (Å²) in [4.78, 5) is 0. The Balaban J connectivity index is 1.68. The molecule has 3 fully saturated rings. The minimum absolute atomic E-state index is 0.0554. The predicted octanol–water partition coefficient (Wildman–Crippen LogP) is 4.92. The van der Waals surface area contributed by atoms with E-state index in [0.29, 0.717) is 10.8 Å². The van der Waals surface area contributed by atoms with E-state index < -0.39 is 0 Å². The minimum atomic E-state index is -0.0554. The first-order valence-corrected chi connectivity index (χ1v) is 9.40. The quantitative estimate of drug-likeness (QED) is 0.497. The van der Waals surface area contributed by atoms with Gasteiger partial charge in [-0.2, -0.15) is 0 Å². The van der Waals surface area contributed by atoms with Crippen molar-refractivity contribution in [2.24, 2.45) is 28.6 Å². The number of aliphatic hydroxyl groups is 1. The fraction of sp³-hybridized carbons (Fsp3) is 0.895. The van der Waals surface area contributed by atoms with Gasteiger partial charge in [0, 0.05) is 5.38 Å². The van der Waals surface area contributed by atoms with Crippen LogP contribution in [0.15, 0.2) is 11.6 Å². The smallest absolute Gasteiger partial charge is 0.0596 e. The molecule has 3 saturated carbocycles. The molecule has 4 rings (SSSR count). The third kappa shape index (κ3) is 1.92. The molecule has 0 aliphatic heterocycles. The molecule has 0 heterocycles. The van der Waals surface area contributed by atoms with Gasteiger partial charge >= 0.3 is 0 Å². The van der Waals surface area contributed by atoms with Gasteiger partial charge in [0.2, 0.25) is 0 Å². The maximum Gasteiger partial charge on any atom is 0.0596 e. The molecule has 0 aromatic carbocycles. The number of allylic oxidation sites excluding steroid dienone is 2. The number of fused-ring (bicyclic) bond motifs is 5. The maximum absolute atomic E-state index is 10.5. The lowest BCUT2D eigenvalue weighted by Crippen LogP contribution is -2.50. The van der Waals surface area contributed by atoms with Crippen LogP contribution in [0.2, 0.25) is 0 Å². The van der Waals surface area contributed by atoms with Crippen molar-refractivity contribution in [3.8, 4) is 0 Å². The SMILES string of the molecule is C[C@]12CC[C@H]3[C@@H](CC=C4C[C@@H](Cl)CC[C@@]43C)[C@@H]1CC[C@@H]2O. The summed E-state index contributed by atoms with van der Waals surface area (Å²) in [6.07, 6.45) is 12.1. The average Bonchev–Trinajstić information content (AvgIpc) is 2.76. The van der Waals surface area contributed by atoms with Crippen LogP contribution < -0.4 is 0 Å². The van der Waals surface area contributed by atoms with Crippen LogP contribution in [0, 0.1) is 28.6 Å². The molecule has 2 heteroatoms. The lowest BCUT2D eigenvalue weighted by Gasteiger charge is -2.57. The topological polar surface area (TPSA) is 20.2 Å². The van der Waals surface area contributed by atoms with E-state index in [2.05, 4.69) is 19.9 Å². The first-order valence-electron chi connectivity index (χ1n) is 8.97. The third-order valence-corrected chi connectivity index (χ3v) is 8.37. The summed E-state index contributed by atoms with van der Waals surface area (Å²) >= 11 is 6.43. The normalized spacial score (nSPS) is 56.2. The highest BCUT2D eigenvalue weighted by Gasteiger charge is 2.58. The van der Waals surface area contributed by atoms with Gasteiger partial charge in [-0.15, -0.1) is 11.6 Å². The van der Waals surface area contributed by atoms with Crippen LogP contribution in [0.5, 0.6) is 0 Å². The molecule has 118 valence electrons. The molecule has 4 aliphatic carbocycles. The molecule has 0 radical (unpaired) electrons. The number of hydrogen-bond donors (Lipinski definition) is 1. The van der Waals surface area contributed by atoms with E-state index in [-0.39, 0.29) is 11.5 Å². The van der Waals surface area contributed by atoms with Crippen LogP contribution in [-0.2, 0) is 0 Å². The van der Waals surface area contributed by atoms with E-state index in [0.717, 1.165) is 30.6 Å². The highest BCUT2D eigenvalue weighted by atomic mass is 35.5. The summed E-state index contributed by atoms with van der Waals surface area (Å²) in [7, 11) is 0.